The smallest absolute Gasteiger partial charge is 0.337 e. The number of carbonyl (C=O) groups excluding carboxylic acids is 1. The Morgan fingerprint density at radius 2 is 2.14 bits per heavy atom. The summed E-state index contributed by atoms with van der Waals surface area (Å²) in [6, 6.07) is 0. The van der Waals surface area contributed by atoms with Crippen LogP contribution in [-0.2, 0) is 14.3 Å². The zero-order valence-corrected chi connectivity index (χ0v) is 8.19. The van der Waals surface area contributed by atoms with Crippen LogP contribution in [0.1, 0.15) is 20.3 Å². The van der Waals surface area contributed by atoms with Gasteiger partial charge in [-0.25, -0.2) is 4.79 Å². The van der Waals surface area contributed by atoms with Crippen LogP contribution in [0.2, 0.25) is 0 Å². The van der Waals surface area contributed by atoms with Gasteiger partial charge < -0.3 is 19.7 Å². The summed E-state index contributed by atoms with van der Waals surface area (Å²) in [7, 11) is 0. The van der Waals surface area contributed by atoms with E-state index in [1.54, 1.807) is 13.8 Å². The third-order valence-electron chi connectivity index (χ3n) is 1.65. The number of aliphatic hydroxyl groups is 2. The molecule has 0 radical (unpaired) electrons. The summed E-state index contributed by atoms with van der Waals surface area (Å²) in [4.78, 5) is 11.0. The van der Waals surface area contributed by atoms with Gasteiger partial charge >= 0.3 is 5.97 Å². The molecule has 0 saturated heterocycles. The van der Waals surface area contributed by atoms with Crippen molar-refractivity contribution in [3.8, 4) is 0 Å². The number of hydrogen-bond acceptors (Lipinski definition) is 5. The minimum atomic E-state index is -1.00. The van der Waals surface area contributed by atoms with Crippen molar-refractivity contribution in [3.05, 3.63) is 11.8 Å². The highest BCUT2D eigenvalue weighted by atomic mass is 16.7. The summed E-state index contributed by atoms with van der Waals surface area (Å²) in [5.41, 5.74) is 0. The minimum Gasteiger partial charge on any atom is -0.457 e. The standard InChI is InChI=1S/C9H14O5/c1-9(2)13-7(3-6(11)5-10)4-8(12)14-9/h4,6,10-11H,3,5H2,1-2H3/t6-/m0/s1. The summed E-state index contributed by atoms with van der Waals surface area (Å²) in [6.45, 7) is 2.84. The Kier molecular flexibility index (Phi) is 3.13. The van der Waals surface area contributed by atoms with E-state index in [1.165, 1.54) is 6.08 Å². The van der Waals surface area contributed by atoms with Gasteiger partial charge in [0, 0.05) is 20.3 Å². The van der Waals surface area contributed by atoms with E-state index in [2.05, 4.69) is 0 Å². The molecule has 1 aliphatic rings. The van der Waals surface area contributed by atoms with Crippen LogP contribution in [0.15, 0.2) is 11.8 Å². The molecule has 0 amide bonds. The molecule has 0 fully saturated rings. The van der Waals surface area contributed by atoms with Crippen molar-refractivity contribution in [2.75, 3.05) is 6.61 Å². The second-order valence-electron chi connectivity index (χ2n) is 3.57. The molecule has 0 spiro atoms. The molecule has 1 aliphatic heterocycles. The van der Waals surface area contributed by atoms with E-state index in [9.17, 15) is 4.79 Å². The maximum Gasteiger partial charge on any atom is 0.337 e. The molecular formula is C9H14O5. The van der Waals surface area contributed by atoms with Gasteiger partial charge in [-0.2, -0.15) is 0 Å². The first-order chi connectivity index (χ1) is 6.43. The Morgan fingerprint density at radius 3 is 2.64 bits per heavy atom. The minimum absolute atomic E-state index is 0.106. The van der Waals surface area contributed by atoms with Crippen molar-refractivity contribution < 1.29 is 24.5 Å². The van der Waals surface area contributed by atoms with E-state index in [-0.39, 0.29) is 13.0 Å². The highest BCUT2D eigenvalue weighted by Crippen LogP contribution is 2.24. The maximum absolute atomic E-state index is 11.0. The van der Waals surface area contributed by atoms with Crippen LogP contribution in [0.25, 0.3) is 0 Å². The number of hydrogen-bond donors (Lipinski definition) is 2. The summed E-state index contributed by atoms with van der Waals surface area (Å²) >= 11 is 0. The van der Waals surface area contributed by atoms with E-state index in [0.717, 1.165) is 0 Å². The van der Waals surface area contributed by atoms with Gasteiger partial charge in [0.05, 0.1) is 18.8 Å². The van der Waals surface area contributed by atoms with Crippen LogP contribution in [-0.4, -0.2) is 34.7 Å². The molecule has 5 heteroatoms. The Bertz CT molecular complexity index is 256. The Labute approximate surface area is 81.9 Å². The molecule has 0 unspecified atom stereocenters. The first-order valence-electron chi connectivity index (χ1n) is 4.34. The molecule has 0 saturated carbocycles. The average Bonchev–Trinajstić information content (AvgIpc) is 1.99. The average molecular weight is 202 g/mol. The summed E-state index contributed by atoms with van der Waals surface area (Å²) in [5, 5.41) is 17.8. The number of rotatable bonds is 3. The van der Waals surface area contributed by atoms with Gasteiger partial charge in [0.2, 0.25) is 5.79 Å². The van der Waals surface area contributed by atoms with E-state index >= 15 is 0 Å². The van der Waals surface area contributed by atoms with Crippen LogP contribution in [0.4, 0.5) is 0 Å². The molecule has 0 aromatic rings. The zero-order chi connectivity index (χ0) is 10.8. The van der Waals surface area contributed by atoms with Crippen LogP contribution in [0.5, 0.6) is 0 Å². The zero-order valence-electron chi connectivity index (χ0n) is 8.19. The van der Waals surface area contributed by atoms with E-state index < -0.39 is 17.9 Å². The maximum atomic E-state index is 11.0. The van der Waals surface area contributed by atoms with Gasteiger partial charge in [0.1, 0.15) is 5.76 Å². The van der Waals surface area contributed by atoms with Gasteiger partial charge in [-0.3, -0.25) is 0 Å². The van der Waals surface area contributed by atoms with Crippen LogP contribution in [0.3, 0.4) is 0 Å². The highest BCUT2D eigenvalue weighted by Gasteiger charge is 2.30. The number of cyclic esters (lactones) is 1. The van der Waals surface area contributed by atoms with Crippen LogP contribution < -0.4 is 0 Å². The molecule has 0 aromatic carbocycles. The summed E-state index contributed by atoms with van der Waals surface area (Å²) < 4.78 is 10.1. The van der Waals surface area contributed by atoms with Crippen molar-refractivity contribution in [3.63, 3.8) is 0 Å². The lowest BCUT2D eigenvalue weighted by Crippen LogP contribution is -2.35. The number of carbonyl (C=O) groups is 1. The summed E-state index contributed by atoms with van der Waals surface area (Å²) in [6.07, 6.45) is 0.363. The molecular weight excluding hydrogens is 188 g/mol. The second-order valence-corrected chi connectivity index (χ2v) is 3.57. The Hall–Kier alpha value is -1.07. The third-order valence-corrected chi connectivity index (χ3v) is 1.65. The van der Waals surface area contributed by atoms with Crippen molar-refractivity contribution in [1.29, 1.82) is 0 Å². The van der Waals surface area contributed by atoms with Crippen LogP contribution in [0, 0.1) is 0 Å². The monoisotopic (exact) mass is 202 g/mol. The first-order valence-corrected chi connectivity index (χ1v) is 4.34. The fraction of sp³-hybridized carbons (Fsp3) is 0.667. The van der Waals surface area contributed by atoms with Gasteiger partial charge in [-0.05, 0) is 0 Å². The molecule has 80 valence electrons. The lowest BCUT2D eigenvalue weighted by Gasteiger charge is -2.31. The van der Waals surface area contributed by atoms with E-state index in [0.29, 0.717) is 5.76 Å². The van der Waals surface area contributed by atoms with E-state index in [4.69, 9.17) is 19.7 Å². The molecule has 0 bridgehead atoms. The molecule has 2 N–H and O–H groups in total. The molecule has 1 heterocycles. The van der Waals surface area contributed by atoms with Crippen molar-refractivity contribution >= 4 is 5.97 Å². The number of ether oxygens (including phenoxy) is 2. The lowest BCUT2D eigenvalue weighted by atomic mass is 10.2. The third kappa shape index (κ3) is 3.01. The van der Waals surface area contributed by atoms with Crippen molar-refractivity contribution in [1.82, 2.24) is 0 Å². The Morgan fingerprint density at radius 1 is 1.50 bits per heavy atom. The van der Waals surface area contributed by atoms with Crippen molar-refractivity contribution in [2.24, 2.45) is 0 Å². The van der Waals surface area contributed by atoms with Gasteiger partial charge in [0.15, 0.2) is 0 Å². The van der Waals surface area contributed by atoms with Crippen LogP contribution >= 0.6 is 0 Å². The van der Waals surface area contributed by atoms with E-state index in [1.807, 2.05) is 0 Å². The first kappa shape index (κ1) is 11.0. The quantitative estimate of drug-likeness (QED) is 0.626. The van der Waals surface area contributed by atoms with Gasteiger partial charge in [0.25, 0.3) is 0 Å². The molecule has 14 heavy (non-hydrogen) atoms. The van der Waals surface area contributed by atoms with Crippen molar-refractivity contribution in [2.45, 2.75) is 32.2 Å². The summed E-state index contributed by atoms with van der Waals surface area (Å²) in [5.74, 6) is -1.18. The topological polar surface area (TPSA) is 76.0 Å². The Balaban J connectivity index is 2.65. The molecule has 0 aliphatic carbocycles. The number of aliphatic hydroxyl groups excluding tert-OH is 2. The fourth-order valence-electron chi connectivity index (χ4n) is 1.17. The lowest BCUT2D eigenvalue weighted by molar-refractivity contribution is -0.207. The van der Waals surface area contributed by atoms with Gasteiger partial charge in [-0.1, -0.05) is 0 Å². The molecule has 1 atom stereocenters. The fourth-order valence-corrected chi connectivity index (χ4v) is 1.17. The predicted molar refractivity (Wildman–Crippen MR) is 47.0 cm³/mol. The normalized spacial score (nSPS) is 22.0. The molecule has 1 rings (SSSR count). The number of esters is 1. The predicted octanol–water partition coefficient (Wildman–Crippen LogP) is -0.0769. The molecule has 5 nitrogen and oxygen atoms in total. The highest BCUT2D eigenvalue weighted by molar-refractivity contribution is 5.83. The SMILES string of the molecule is CC1(C)OC(=O)C=C(C[C@H](O)CO)O1. The largest absolute Gasteiger partial charge is 0.457 e. The molecule has 0 aromatic heterocycles. The van der Waals surface area contributed by atoms with Gasteiger partial charge in [-0.15, -0.1) is 0 Å². The second kappa shape index (κ2) is 3.98.